The summed E-state index contributed by atoms with van der Waals surface area (Å²) in [5.41, 5.74) is 6.69. The Morgan fingerprint density at radius 3 is 2.75 bits per heavy atom. The van der Waals surface area contributed by atoms with Crippen LogP contribution in [0.3, 0.4) is 0 Å². The predicted molar refractivity (Wildman–Crippen MR) is 83.6 cm³/mol. The van der Waals surface area contributed by atoms with E-state index in [9.17, 15) is 4.79 Å². The van der Waals surface area contributed by atoms with Crippen molar-refractivity contribution in [1.82, 2.24) is 15.5 Å². The van der Waals surface area contributed by atoms with Gasteiger partial charge >= 0.3 is 0 Å². The van der Waals surface area contributed by atoms with Crippen LogP contribution in [-0.2, 0) is 0 Å². The lowest BCUT2D eigenvalue weighted by Crippen LogP contribution is -2.53. The Kier molecular flexibility index (Phi) is 4.45. The molecule has 0 aliphatic rings. The minimum Gasteiger partial charge on any atom is -0.344 e. The third-order valence-corrected chi connectivity index (χ3v) is 4.36. The van der Waals surface area contributed by atoms with E-state index in [0.29, 0.717) is 12.2 Å². The number of aromatic nitrogens is 2. The fourth-order valence-electron chi connectivity index (χ4n) is 2.23. The molecule has 1 amide bonds. The molecule has 1 aromatic heterocycles. The average Bonchev–Trinajstić information content (AvgIpc) is 2.88. The molecule has 0 aliphatic carbocycles. The van der Waals surface area contributed by atoms with Crippen LogP contribution in [0, 0.1) is 0 Å². The highest BCUT2D eigenvalue weighted by Crippen LogP contribution is 2.22. The highest BCUT2D eigenvalue weighted by Gasteiger charge is 2.28. The van der Waals surface area contributed by atoms with Crippen molar-refractivity contribution in [1.29, 1.82) is 0 Å². The molecular formula is C14H19BrN4O. The summed E-state index contributed by atoms with van der Waals surface area (Å²) in [5, 5.41) is 10.8. The van der Waals surface area contributed by atoms with Crippen molar-refractivity contribution in [2.75, 3.05) is 6.54 Å². The number of carbonyl (C=O) groups excluding carboxylic acids is 1. The third-order valence-electron chi connectivity index (χ3n) is 3.86. The molecule has 5 nitrogen and oxygen atoms in total. The molecule has 108 valence electrons. The summed E-state index contributed by atoms with van der Waals surface area (Å²) < 4.78 is 0.913. The molecule has 0 unspecified atom stereocenters. The summed E-state index contributed by atoms with van der Waals surface area (Å²) in [7, 11) is 0. The highest BCUT2D eigenvalue weighted by molar-refractivity contribution is 9.10. The van der Waals surface area contributed by atoms with Gasteiger partial charge in [0.25, 0.3) is 5.91 Å². The summed E-state index contributed by atoms with van der Waals surface area (Å²) in [6.45, 7) is 4.46. The Balaban J connectivity index is 2.34. The standard InChI is InChI=1S/C14H19BrN4O/c1-3-14(4-2,8-16)17-13(20)12-10-7-9(15)5-6-11(10)18-19-12/h5-7H,3-4,8,16H2,1-2H3,(H,17,20)(H,18,19). The van der Waals surface area contributed by atoms with Gasteiger partial charge in [0.2, 0.25) is 0 Å². The molecule has 2 rings (SSSR count). The Morgan fingerprint density at radius 2 is 2.15 bits per heavy atom. The Hall–Kier alpha value is -1.40. The molecule has 0 saturated carbocycles. The normalized spacial score (nSPS) is 11.8. The zero-order chi connectivity index (χ0) is 14.8. The monoisotopic (exact) mass is 338 g/mol. The van der Waals surface area contributed by atoms with Crippen LogP contribution < -0.4 is 11.1 Å². The van der Waals surface area contributed by atoms with Crippen molar-refractivity contribution in [3.8, 4) is 0 Å². The maximum atomic E-state index is 12.5. The molecule has 0 atom stereocenters. The number of rotatable bonds is 5. The smallest absolute Gasteiger partial charge is 0.272 e. The minimum atomic E-state index is -0.367. The van der Waals surface area contributed by atoms with Gasteiger partial charge in [-0.05, 0) is 31.0 Å². The number of nitrogens with one attached hydrogen (secondary N) is 2. The van der Waals surface area contributed by atoms with Crippen LogP contribution in [0.2, 0.25) is 0 Å². The van der Waals surface area contributed by atoms with Gasteiger partial charge in [0.15, 0.2) is 5.69 Å². The number of hydrogen-bond donors (Lipinski definition) is 3. The third kappa shape index (κ3) is 2.71. The van der Waals surface area contributed by atoms with Crippen molar-refractivity contribution in [3.63, 3.8) is 0 Å². The maximum absolute atomic E-state index is 12.5. The van der Waals surface area contributed by atoms with Gasteiger partial charge in [-0.1, -0.05) is 29.8 Å². The minimum absolute atomic E-state index is 0.191. The highest BCUT2D eigenvalue weighted by atomic mass is 79.9. The van der Waals surface area contributed by atoms with E-state index in [1.54, 1.807) is 0 Å². The van der Waals surface area contributed by atoms with Gasteiger partial charge in [0.05, 0.1) is 11.1 Å². The number of halogens is 1. The van der Waals surface area contributed by atoms with Crippen molar-refractivity contribution < 1.29 is 4.79 Å². The first-order valence-corrected chi connectivity index (χ1v) is 7.50. The van der Waals surface area contributed by atoms with Gasteiger partial charge < -0.3 is 11.1 Å². The van der Waals surface area contributed by atoms with Crippen molar-refractivity contribution in [2.45, 2.75) is 32.2 Å². The van der Waals surface area contributed by atoms with E-state index in [0.717, 1.165) is 28.2 Å². The largest absolute Gasteiger partial charge is 0.344 e. The second-order valence-corrected chi connectivity index (χ2v) is 5.82. The van der Waals surface area contributed by atoms with Crippen LogP contribution in [0.25, 0.3) is 10.9 Å². The summed E-state index contributed by atoms with van der Waals surface area (Å²) in [6, 6.07) is 5.68. The summed E-state index contributed by atoms with van der Waals surface area (Å²) in [5.74, 6) is -0.191. The van der Waals surface area contributed by atoms with Crippen LogP contribution in [0.15, 0.2) is 22.7 Å². The van der Waals surface area contributed by atoms with Crippen molar-refractivity contribution in [2.24, 2.45) is 5.73 Å². The van der Waals surface area contributed by atoms with E-state index in [-0.39, 0.29) is 11.4 Å². The first kappa shape index (κ1) is 15.0. The first-order valence-electron chi connectivity index (χ1n) is 6.71. The molecule has 0 spiro atoms. The van der Waals surface area contributed by atoms with Crippen LogP contribution in [0.4, 0.5) is 0 Å². The van der Waals surface area contributed by atoms with Gasteiger partial charge in [-0.25, -0.2) is 0 Å². The number of fused-ring (bicyclic) bond motifs is 1. The Morgan fingerprint density at radius 1 is 1.45 bits per heavy atom. The quantitative estimate of drug-likeness (QED) is 0.783. The maximum Gasteiger partial charge on any atom is 0.272 e. The van der Waals surface area contributed by atoms with Gasteiger partial charge in [-0.15, -0.1) is 0 Å². The summed E-state index contributed by atoms with van der Waals surface area (Å²) >= 11 is 3.41. The number of benzene rings is 1. The zero-order valence-electron chi connectivity index (χ0n) is 11.7. The molecular weight excluding hydrogens is 320 g/mol. The number of nitrogens with two attached hydrogens (primary N) is 1. The predicted octanol–water partition coefficient (Wildman–Crippen LogP) is 2.57. The van der Waals surface area contributed by atoms with Gasteiger partial charge in [0, 0.05) is 16.4 Å². The summed E-state index contributed by atoms with van der Waals surface area (Å²) in [4.78, 5) is 12.5. The average molecular weight is 339 g/mol. The molecule has 0 fully saturated rings. The van der Waals surface area contributed by atoms with E-state index < -0.39 is 0 Å². The topological polar surface area (TPSA) is 83.8 Å². The van der Waals surface area contributed by atoms with Gasteiger partial charge in [0.1, 0.15) is 0 Å². The molecule has 0 bridgehead atoms. The van der Waals surface area contributed by atoms with E-state index >= 15 is 0 Å². The van der Waals surface area contributed by atoms with Crippen molar-refractivity contribution >= 4 is 32.7 Å². The number of H-pyrrole nitrogens is 1. The lowest BCUT2D eigenvalue weighted by molar-refractivity contribution is 0.0891. The number of nitrogens with zero attached hydrogens (tertiary/aromatic N) is 1. The molecule has 0 saturated heterocycles. The Labute approximate surface area is 126 Å². The zero-order valence-corrected chi connectivity index (χ0v) is 13.3. The number of aromatic amines is 1. The molecule has 0 aliphatic heterocycles. The molecule has 1 aromatic carbocycles. The van der Waals surface area contributed by atoms with Crippen LogP contribution in [0.5, 0.6) is 0 Å². The van der Waals surface area contributed by atoms with Crippen LogP contribution in [-0.4, -0.2) is 28.2 Å². The second kappa shape index (κ2) is 5.93. The van der Waals surface area contributed by atoms with E-state index in [1.165, 1.54) is 0 Å². The van der Waals surface area contributed by atoms with E-state index in [1.807, 2.05) is 32.0 Å². The van der Waals surface area contributed by atoms with E-state index in [4.69, 9.17) is 5.73 Å². The molecule has 4 N–H and O–H groups in total. The molecule has 20 heavy (non-hydrogen) atoms. The summed E-state index contributed by atoms with van der Waals surface area (Å²) in [6.07, 6.45) is 1.58. The molecule has 2 aromatic rings. The van der Waals surface area contributed by atoms with E-state index in [2.05, 4.69) is 31.4 Å². The second-order valence-electron chi connectivity index (χ2n) is 4.91. The fourth-order valence-corrected chi connectivity index (χ4v) is 2.59. The molecule has 0 radical (unpaired) electrons. The first-order chi connectivity index (χ1) is 9.55. The van der Waals surface area contributed by atoms with Crippen LogP contribution >= 0.6 is 15.9 Å². The lowest BCUT2D eigenvalue weighted by Gasteiger charge is -2.31. The van der Waals surface area contributed by atoms with Crippen LogP contribution in [0.1, 0.15) is 37.2 Å². The fraction of sp³-hybridized carbons (Fsp3) is 0.429. The lowest BCUT2D eigenvalue weighted by atomic mass is 9.92. The molecule has 1 heterocycles. The van der Waals surface area contributed by atoms with Gasteiger partial charge in [-0.2, -0.15) is 5.10 Å². The number of carbonyl (C=O) groups is 1. The number of amides is 1. The number of hydrogen-bond acceptors (Lipinski definition) is 3. The van der Waals surface area contributed by atoms with Gasteiger partial charge in [-0.3, -0.25) is 9.89 Å². The molecule has 6 heteroatoms. The Bertz CT molecular complexity index is 610. The SMILES string of the molecule is CCC(CC)(CN)NC(=O)c1n[nH]c2ccc(Br)cc12. The van der Waals surface area contributed by atoms with Crippen molar-refractivity contribution in [3.05, 3.63) is 28.4 Å².